The van der Waals surface area contributed by atoms with Crippen molar-refractivity contribution in [1.29, 1.82) is 0 Å². The molecule has 1 saturated heterocycles. The Bertz CT molecular complexity index is 401. The number of benzene rings is 1. The van der Waals surface area contributed by atoms with Crippen LogP contribution in [0.3, 0.4) is 0 Å². The molecule has 3 N–H and O–H groups in total. The van der Waals surface area contributed by atoms with Crippen LogP contribution in [-0.4, -0.2) is 26.9 Å². The average molecular weight is 250 g/mol. The molecule has 18 heavy (non-hydrogen) atoms. The lowest BCUT2D eigenvalue weighted by molar-refractivity contribution is 0.0300. The van der Waals surface area contributed by atoms with E-state index in [9.17, 15) is 0 Å². The van der Waals surface area contributed by atoms with Crippen LogP contribution in [0.4, 0.5) is 11.4 Å². The first-order chi connectivity index (χ1) is 8.61. The molecule has 1 aromatic rings. The second kappa shape index (κ2) is 5.48. The van der Waals surface area contributed by atoms with Crippen LogP contribution in [0.5, 0.6) is 5.75 Å². The third-order valence-corrected chi connectivity index (χ3v) is 3.58. The maximum Gasteiger partial charge on any atom is 0.122 e. The van der Waals surface area contributed by atoms with Crippen molar-refractivity contribution in [3.05, 3.63) is 18.2 Å². The van der Waals surface area contributed by atoms with E-state index in [4.69, 9.17) is 15.2 Å². The second-order valence-corrected chi connectivity index (χ2v) is 5.27. The summed E-state index contributed by atoms with van der Waals surface area (Å²) in [6.07, 6.45) is 2.19. The number of anilines is 2. The van der Waals surface area contributed by atoms with E-state index in [0.29, 0.717) is 11.1 Å². The van der Waals surface area contributed by atoms with Gasteiger partial charge in [-0.15, -0.1) is 0 Å². The van der Waals surface area contributed by atoms with Gasteiger partial charge in [-0.1, -0.05) is 6.92 Å². The van der Waals surface area contributed by atoms with Gasteiger partial charge < -0.3 is 20.5 Å². The summed E-state index contributed by atoms with van der Waals surface area (Å²) in [5, 5.41) is 3.45. The normalized spacial score (nSPS) is 18.3. The summed E-state index contributed by atoms with van der Waals surface area (Å²) < 4.78 is 10.6. The summed E-state index contributed by atoms with van der Waals surface area (Å²) in [5.74, 6) is 0.787. The van der Waals surface area contributed by atoms with E-state index in [2.05, 4.69) is 12.2 Å². The van der Waals surface area contributed by atoms with Gasteiger partial charge in [0.1, 0.15) is 5.75 Å². The minimum Gasteiger partial charge on any atom is -0.497 e. The molecule has 0 radical (unpaired) electrons. The SMILES string of the molecule is COc1cc(N)cc(NCC2(C)CCOCC2)c1. The molecule has 0 amide bonds. The lowest BCUT2D eigenvalue weighted by atomic mass is 9.82. The van der Waals surface area contributed by atoms with Crippen LogP contribution in [-0.2, 0) is 4.74 Å². The molecule has 100 valence electrons. The maximum atomic E-state index is 5.84. The fourth-order valence-electron chi connectivity index (χ4n) is 2.20. The highest BCUT2D eigenvalue weighted by Crippen LogP contribution is 2.31. The van der Waals surface area contributed by atoms with Crippen molar-refractivity contribution in [2.45, 2.75) is 19.8 Å². The van der Waals surface area contributed by atoms with E-state index in [1.54, 1.807) is 7.11 Å². The molecule has 4 nitrogen and oxygen atoms in total. The minimum atomic E-state index is 0.302. The Kier molecular flexibility index (Phi) is 3.97. The van der Waals surface area contributed by atoms with Crippen LogP contribution in [0.15, 0.2) is 18.2 Å². The zero-order chi connectivity index (χ0) is 13.0. The number of rotatable bonds is 4. The van der Waals surface area contributed by atoms with Crippen LogP contribution in [0, 0.1) is 5.41 Å². The van der Waals surface area contributed by atoms with E-state index in [1.807, 2.05) is 18.2 Å². The van der Waals surface area contributed by atoms with E-state index in [1.165, 1.54) is 0 Å². The van der Waals surface area contributed by atoms with Gasteiger partial charge in [0.25, 0.3) is 0 Å². The molecule has 1 aliphatic rings. The van der Waals surface area contributed by atoms with E-state index < -0.39 is 0 Å². The first kappa shape index (κ1) is 13.0. The van der Waals surface area contributed by atoms with Gasteiger partial charge >= 0.3 is 0 Å². The molecular weight excluding hydrogens is 228 g/mol. The number of hydrogen-bond donors (Lipinski definition) is 2. The zero-order valence-electron chi connectivity index (χ0n) is 11.2. The van der Waals surface area contributed by atoms with Gasteiger partial charge in [0.15, 0.2) is 0 Å². The molecule has 4 heteroatoms. The first-order valence-corrected chi connectivity index (χ1v) is 6.37. The summed E-state index contributed by atoms with van der Waals surface area (Å²) in [7, 11) is 1.65. The van der Waals surface area contributed by atoms with Crippen molar-refractivity contribution in [1.82, 2.24) is 0 Å². The summed E-state index contributed by atoms with van der Waals surface area (Å²) in [4.78, 5) is 0. The van der Waals surface area contributed by atoms with Gasteiger partial charge in [-0.3, -0.25) is 0 Å². The molecule has 1 aliphatic heterocycles. The minimum absolute atomic E-state index is 0.302. The molecule has 0 aromatic heterocycles. The van der Waals surface area contributed by atoms with Crippen molar-refractivity contribution < 1.29 is 9.47 Å². The van der Waals surface area contributed by atoms with Crippen molar-refractivity contribution >= 4 is 11.4 Å². The predicted octanol–water partition coefficient (Wildman–Crippen LogP) is 2.51. The lowest BCUT2D eigenvalue weighted by Crippen LogP contribution is -2.33. The van der Waals surface area contributed by atoms with Crippen LogP contribution in [0.1, 0.15) is 19.8 Å². The van der Waals surface area contributed by atoms with E-state index >= 15 is 0 Å². The van der Waals surface area contributed by atoms with Crippen LogP contribution in [0.2, 0.25) is 0 Å². The van der Waals surface area contributed by atoms with Crippen molar-refractivity contribution in [2.24, 2.45) is 5.41 Å². The third kappa shape index (κ3) is 3.29. The number of nitrogens with one attached hydrogen (secondary N) is 1. The Labute approximate surface area is 108 Å². The Hall–Kier alpha value is -1.42. The summed E-state index contributed by atoms with van der Waals surface area (Å²) in [5.41, 5.74) is 7.87. The fourth-order valence-corrected chi connectivity index (χ4v) is 2.20. The Morgan fingerprint density at radius 1 is 1.33 bits per heavy atom. The van der Waals surface area contributed by atoms with Crippen LogP contribution >= 0.6 is 0 Å². The average Bonchev–Trinajstić information content (AvgIpc) is 2.37. The van der Waals surface area contributed by atoms with Crippen molar-refractivity contribution in [3.63, 3.8) is 0 Å². The molecule has 0 aliphatic carbocycles. The summed E-state index contributed by atoms with van der Waals surface area (Å²) in [6.45, 7) is 4.95. The van der Waals surface area contributed by atoms with E-state index in [0.717, 1.165) is 44.0 Å². The highest BCUT2D eigenvalue weighted by Gasteiger charge is 2.26. The second-order valence-electron chi connectivity index (χ2n) is 5.27. The van der Waals surface area contributed by atoms with Crippen molar-refractivity contribution in [3.8, 4) is 5.75 Å². The molecule has 0 atom stereocenters. The largest absolute Gasteiger partial charge is 0.497 e. The van der Waals surface area contributed by atoms with Gasteiger partial charge in [0.05, 0.1) is 7.11 Å². The molecular formula is C14H22N2O2. The van der Waals surface area contributed by atoms with E-state index in [-0.39, 0.29) is 0 Å². The monoisotopic (exact) mass is 250 g/mol. The Morgan fingerprint density at radius 3 is 2.72 bits per heavy atom. The van der Waals surface area contributed by atoms with Crippen molar-refractivity contribution in [2.75, 3.05) is 37.9 Å². The summed E-state index contributed by atoms with van der Waals surface area (Å²) >= 11 is 0. The van der Waals surface area contributed by atoms with Gasteiger partial charge in [-0.2, -0.15) is 0 Å². The summed E-state index contributed by atoms with van der Waals surface area (Å²) in [6, 6.07) is 5.73. The third-order valence-electron chi connectivity index (χ3n) is 3.58. The molecule has 0 spiro atoms. The first-order valence-electron chi connectivity index (χ1n) is 6.37. The standard InChI is InChI=1S/C14H22N2O2/c1-14(3-5-18-6-4-14)10-16-12-7-11(15)8-13(9-12)17-2/h7-9,16H,3-6,10,15H2,1-2H3. The highest BCUT2D eigenvalue weighted by atomic mass is 16.5. The molecule has 1 fully saturated rings. The Balaban J connectivity index is 1.98. The number of methoxy groups -OCH3 is 1. The molecule has 0 unspecified atom stereocenters. The molecule has 1 aromatic carbocycles. The maximum absolute atomic E-state index is 5.84. The van der Waals surface area contributed by atoms with Crippen LogP contribution < -0.4 is 15.8 Å². The number of nitrogen functional groups attached to an aromatic ring is 1. The number of hydrogen-bond acceptors (Lipinski definition) is 4. The number of nitrogens with two attached hydrogens (primary N) is 1. The number of ether oxygens (including phenoxy) is 2. The van der Waals surface area contributed by atoms with Gasteiger partial charge in [0, 0.05) is 43.3 Å². The zero-order valence-corrected chi connectivity index (χ0v) is 11.2. The topological polar surface area (TPSA) is 56.5 Å². The predicted molar refractivity (Wildman–Crippen MR) is 74.1 cm³/mol. The molecule has 1 heterocycles. The Morgan fingerprint density at radius 2 is 2.06 bits per heavy atom. The molecule has 2 rings (SSSR count). The molecule has 0 saturated carbocycles. The highest BCUT2D eigenvalue weighted by molar-refractivity contribution is 5.59. The van der Waals surface area contributed by atoms with Gasteiger partial charge in [-0.05, 0) is 24.3 Å². The van der Waals surface area contributed by atoms with Gasteiger partial charge in [-0.25, -0.2) is 0 Å². The van der Waals surface area contributed by atoms with Crippen LogP contribution in [0.25, 0.3) is 0 Å². The quantitative estimate of drug-likeness (QED) is 0.806. The lowest BCUT2D eigenvalue weighted by Gasteiger charge is -2.34. The smallest absolute Gasteiger partial charge is 0.122 e. The van der Waals surface area contributed by atoms with Gasteiger partial charge in [0.2, 0.25) is 0 Å². The fraction of sp³-hybridized carbons (Fsp3) is 0.571. The molecule has 0 bridgehead atoms.